The monoisotopic (exact) mass is 368 g/mol. The fraction of sp³-hybridized carbons (Fsp3) is 0.467. The number of thiazole rings is 1. The molecule has 1 fully saturated rings. The lowest BCUT2D eigenvalue weighted by atomic mass is 10.3. The predicted molar refractivity (Wildman–Crippen MR) is 92.8 cm³/mol. The van der Waals surface area contributed by atoms with Crippen LogP contribution >= 0.6 is 11.3 Å². The molecule has 1 amide bonds. The zero-order chi connectivity index (χ0) is 17.2. The number of nitrogens with one attached hydrogen (secondary N) is 2. The molecule has 0 radical (unpaired) electrons. The molecule has 0 unspecified atom stereocenters. The Balaban J connectivity index is 1.73. The molecule has 3 heterocycles. The molecular formula is C15H20N4O3S2. The molecular weight excluding hydrogens is 348 g/mol. The van der Waals surface area contributed by atoms with E-state index in [1.807, 2.05) is 0 Å². The summed E-state index contributed by atoms with van der Waals surface area (Å²) >= 11 is 1.33. The van der Waals surface area contributed by atoms with Crippen LogP contribution in [0.2, 0.25) is 0 Å². The van der Waals surface area contributed by atoms with Crippen molar-refractivity contribution in [2.45, 2.75) is 37.5 Å². The lowest BCUT2D eigenvalue weighted by Gasteiger charge is -2.13. The average Bonchev–Trinajstić information content (AvgIpc) is 3.28. The van der Waals surface area contributed by atoms with Crippen molar-refractivity contribution in [3.63, 3.8) is 0 Å². The number of aryl methyl sites for hydroxylation is 1. The Morgan fingerprint density at radius 3 is 2.88 bits per heavy atom. The summed E-state index contributed by atoms with van der Waals surface area (Å²) in [5.41, 5.74) is 0.295. The highest BCUT2D eigenvalue weighted by Crippen LogP contribution is 2.23. The minimum Gasteiger partial charge on any atom is -0.356 e. The van der Waals surface area contributed by atoms with Crippen molar-refractivity contribution in [2.75, 3.05) is 17.8 Å². The van der Waals surface area contributed by atoms with Gasteiger partial charge in [0.1, 0.15) is 10.6 Å². The molecule has 0 saturated carbocycles. The van der Waals surface area contributed by atoms with Crippen molar-refractivity contribution in [3.8, 4) is 0 Å². The number of rotatable bonds is 6. The lowest BCUT2D eigenvalue weighted by Crippen LogP contribution is -2.27. The standard InChI is InChI=1S/C15H20N4O3S2/c1-2-5-11-9-17-15(23-11)18-24(21,22)12-8-13(16-10-12)14(20)19-6-3-4-7-19/h8-10,16H,2-7H2,1H3,(H,17,18). The van der Waals surface area contributed by atoms with Gasteiger partial charge >= 0.3 is 0 Å². The van der Waals surface area contributed by atoms with Gasteiger partial charge in [0.25, 0.3) is 15.9 Å². The van der Waals surface area contributed by atoms with Crippen molar-refractivity contribution in [1.82, 2.24) is 14.9 Å². The molecule has 0 bridgehead atoms. The summed E-state index contributed by atoms with van der Waals surface area (Å²) in [7, 11) is -3.76. The fourth-order valence-corrected chi connectivity index (χ4v) is 4.78. The van der Waals surface area contributed by atoms with Gasteiger partial charge in [0.15, 0.2) is 5.13 Å². The Kier molecular flexibility index (Phi) is 4.91. The fourth-order valence-electron chi connectivity index (χ4n) is 2.63. The number of sulfonamides is 1. The number of carbonyl (C=O) groups is 1. The zero-order valence-electron chi connectivity index (χ0n) is 13.4. The van der Waals surface area contributed by atoms with Gasteiger partial charge in [0, 0.05) is 30.4 Å². The molecule has 2 N–H and O–H groups in total. The van der Waals surface area contributed by atoms with Crippen LogP contribution in [0.4, 0.5) is 5.13 Å². The summed E-state index contributed by atoms with van der Waals surface area (Å²) in [5.74, 6) is -0.159. The summed E-state index contributed by atoms with van der Waals surface area (Å²) in [6.07, 6.45) is 6.86. The van der Waals surface area contributed by atoms with Crippen LogP contribution in [0.3, 0.4) is 0 Å². The van der Waals surface area contributed by atoms with Gasteiger partial charge in [0.2, 0.25) is 0 Å². The van der Waals surface area contributed by atoms with Crippen molar-refractivity contribution in [1.29, 1.82) is 0 Å². The van der Waals surface area contributed by atoms with Crippen molar-refractivity contribution >= 4 is 32.4 Å². The smallest absolute Gasteiger partial charge is 0.270 e. The quantitative estimate of drug-likeness (QED) is 0.819. The van der Waals surface area contributed by atoms with Gasteiger partial charge in [-0.2, -0.15) is 0 Å². The number of aromatic amines is 1. The molecule has 0 spiro atoms. The van der Waals surface area contributed by atoms with E-state index in [1.165, 1.54) is 23.6 Å². The molecule has 3 rings (SSSR count). The van der Waals surface area contributed by atoms with Crippen molar-refractivity contribution in [2.24, 2.45) is 0 Å². The Morgan fingerprint density at radius 2 is 2.17 bits per heavy atom. The van der Waals surface area contributed by atoms with Crippen LogP contribution in [0.5, 0.6) is 0 Å². The highest BCUT2D eigenvalue weighted by Gasteiger charge is 2.24. The second-order valence-corrected chi connectivity index (χ2v) is 8.53. The van der Waals surface area contributed by atoms with E-state index in [0.29, 0.717) is 10.8 Å². The van der Waals surface area contributed by atoms with Crippen molar-refractivity contribution < 1.29 is 13.2 Å². The van der Waals surface area contributed by atoms with E-state index in [1.54, 1.807) is 11.1 Å². The molecule has 1 saturated heterocycles. The minimum atomic E-state index is -3.76. The predicted octanol–water partition coefficient (Wildman–Crippen LogP) is 2.46. The molecule has 9 heteroatoms. The second kappa shape index (κ2) is 6.94. The number of hydrogen-bond donors (Lipinski definition) is 2. The number of aromatic nitrogens is 2. The number of H-pyrrole nitrogens is 1. The van der Waals surface area contributed by atoms with E-state index < -0.39 is 10.0 Å². The minimum absolute atomic E-state index is 0.0392. The Bertz CT molecular complexity index is 819. The molecule has 24 heavy (non-hydrogen) atoms. The highest BCUT2D eigenvalue weighted by molar-refractivity contribution is 7.93. The van der Waals surface area contributed by atoms with E-state index in [0.717, 1.165) is 43.6 Å². The molecule has 2 aromatic heterocycles. The maximum Gasteiger partial charge on any atom is 0.270 e. The van der Waals surface area contributed by atoms with Crippen LogP contribution in [-0.2, 0) is 16.4 Å². The third-order valence-electron chi connectivity index (χ3n) is 3.86. The Labute approximate surface area is 145 Å². The van der Waals surface area contributed by atoms with E-state index >= 15 is 0 Å². The van der Waals surface area contributed by atoms with Gasteiger partial charge in [-0.25, -0.2) is 13.4 Å². The number of anilines is 1. The van der Waals surface area contributed by atoms with E-state index in [4.69, 9.17) is 0 Å². The molecule has 0 atom stereocenters. The maximum absolute atomic E-state index is 12.4. The molecule has 0 aromatic carbocycles. The van der Waals surface area contributed by atoms with Gasteiger partial charge in [-0.15, -0.1) is 11.3 Å². The maximum atomic E-state index is 12.4. The highest BCUT2D eigenvalue weighted by atomic mass is 32.2. The lowest BCUT2D eigenvalue weighted by molar-refractivity contribution is 0.0787. The number of nitrogens with zero attached hydrogens (tertiary/aromatic N) is 2. The van der Waals surface area contributed by atoms with Crippen molar-refractivity contribution in [3.05, 3.63) is 29.0 Å². The first kappa shape index (κ1) is 17.0. The molecule has 1 aliphatic rings. The average molecular weight is 368 g/mol. The SMILES string of the molecule is CCCc1cnc(NS(=O)(=O)c2c[nH]c(C(=O)N3CCCC3)c2)s1. The van der Waals surface area contributed by atoms with E-state index in [-0.39, 0.29) is 10.8 Å². The first-order chi connectivity index (χ1) is 11.5. The summed E-state index contributed by atoms with van der Waals surface area (Å²) < 4.78 is 27.3. The zero-order valence-corrected chi connectivity index (χ0v) is 15.0. The topological polar surface area (TPSA) is 95.2 Å². The molecule has 0 aliphatic carbocycles. The second-order valence-electron chi connectivity index (χ2n) is 5.74. The first-order valence-corrected chi connectivity index (χ1v) is 10.2. The van der Waals surface area contributed by atoms with Gasteiger partial charge in [-0.1, -0.05) is 13.3 Å². The molecule has 130 valence electrons. The van der Waals surface area contributed by atoms with Crippen LogP contribution in [-0.4, -0.2) is 42.3 Å². The molecule has 1 aliphatic heterocycles. The molecule has 7 nitrogen and oxygen atoms in total. The van der Waals surface area contributed by atoms with E-state index in [9.17, 15) is 13.2 Å². The van der Waals surface area contributed by atoms with Crippen LogP contribution in [0.1, 0.15) is 41.6 Å². The summed E-state index contributed by atoms with van der Waals surface area (Å²) in [6, 6.07) is 1.38. The van der Waals surface area contributed by atoms with Gasteiger partial charge < -0.3 is 9.88 Å². The number of likely N-dealkylation sites (tertiary alicyclic amines) is 1. The molecule has 2 aromatic rings. The Hall–Kier alpha value is -1.87. The van der Waals surface area contributed by atoms with Crippen LogP contribution in [0.25, 0.3) is 0 Å². The summed E-state index contributed by atoms with van der Waals surface area (Å²) in [4.78, 5) is 22.0. The first-order valence-electron chi connectivity index (χ1n) is 7.95. The third kappa shape index (κ3) is 3.62. The van der Waals surface area contributed by atoms with Crippen LogP contribution in [0, 0.1) is 0 Å². The van der Waals surface area contributed by atoms with Gasteiger partial charge in [0.05, 0.1) is 0 Å². The number of amides is 1. The van der Waals surface area contributed by atoms with Gasteiger partial charge in [-0.05, 0) is 25.3 Å². The summed E-state index contributed by atoms with van der Waals surface area (Å²) in [6.45, 7) is 3.50. The van der Waals surface area contributed by atoms with Crippen LogP contribution in [0.15, 0.2) is 23.4 Å². The number of hydrogen-bond acceptors (Lipinski definition) is 5. The summed E-state index contributed by atoms with van der Waals surface area (Å²) in [5, 5.41) is 0.340. The number of carbonyl (C=O) groups excluding carboxylic acids is 1. The normalized spacial score (nSPS) is 15.0. The van der Waals surface area contributed by atoms with Gasteiger partial charge in [-0.3, -0.25) is 9.52 Å². The largest absolute Gasteiger partial charge is 0.356 e. The third-order valence-corrected chi connectivity index (χ3v) is 6.28. The van der Waals surface area contributed by atoms with Crippen LogP contribution < -0.4 is 4.72 Å². The van der Waals surface area contributed by atoms with E-state index in [2.05, 4.69) is 21.6 Å². The Morgan fingerprint density at radius 1 is 1.42 bits per heavy atom.